The zero-order chi connectivity index (χ0) is 26.9. The van der Waals surface area contributed by atoms with Crippen LogP contribution in [-0.4, -0.2) is 44.1 Å². The number of aliphatic hydroxyl groups is 1. The third-order valence-corrected chi connectivity index (χ3v) is 6.41. The number of anilines is 1. The number of amides is 1. The van der Waals surface area contributed by atoms with Crippen LogP contribution in [-0.2, 0) is 14.3 Å². The summed E-state index contributed by atoms with van der Waals surface area (Å²) in [6.07, 6.45) is 0. The van der Waals surface area contributed by atoms with Gasteiger partial charge in [0, 0.05) is 16.3 Å². The van der Waals surface area contributed by atoms with Crippen molar-refractivity contribution in [3.63, 3.8) is 0 Å². The molecule has 0 bridgehead atoms. The summed E-state index contributed by atoms with van der Waals surface area (Å²) in [5, 5.41) is 11.8. The SMILES string of the molecule is COC(=O)c1ccc(N2C(=O)C(=O)/C(=C(/O)c3cc(Cl)cc(Cl)c3OC)C2c2ccccc2OC)cc1. The Bertz CT molecular complexity index is 1430. The zero-order valence-corrected chi connectivity index (χ0v) is 21.5. The first-order valence-corrected chi connectivity index (χ1v) is 11.6. The standard InChI is InChI=1S/C27H21Cl2NO7/c1-35-20-7-5-4-6-17(20)22-21(23(31)18-12-15(28)13-19(29)25(18)36-2)24(32)26(33)30(22)16-10-8-14(9-11-16)27(34)37-3/h4-13,22,31H,1-3H3/b23-21+. The van der Waals surface area contributed by atoms with Crippen molar-refractivity contribution < 1.29 is 33.7 Å². The molecule has 1 amide bonds. The molecular weight excluding hydrogens is 521 g/mol. The first-order valence-electron chi connectivity index (χ1n) is 10.9. The summed E-state index contributed by atoms with van der Waals surface area (Å²) in [7, 11) is 4.06. The smallest absolute Gasteiger partial charge is 0.337 e. The highest BCUT2D eigenvalue weighted by atomic mass is 35.5. The van der Waals surface area contributed by atoms with Gasteiger partial charge in [-0.1, -0.05) is 41.4 Å². The van der Waals surface area contributed by atoms with Crippen LogP contribution >= 0.6 is 23.2 Å². The number of benzene rings is 3. The Labute approximate surface area is 222 Å². The molecular formula is C27H21Cl2NO7. The number of hydrogen-bond donors (Lipinski definition) is 1. The Kier molecular flexibility index (Phi) is 7.42. The second-order valence-electron chi connectivity index (χ2n) is 7.92. The second-order valence-corrected chi connectivity index (χ2v) is 8.76. The average molecular weight is 542 g/mol. The zero-order valence-electron chi connectivity index (χ0n) is 20.0. The fraction of sp³-hybridized carbons (Fsp3) is 0.148. The van der Waals surface area contributed by atoms with Crippen molar-refractivity contribution in [3.8, 4) is 11.5 Å². The molecule has 1 unspecified atom stereocenters. The monoisotopic (exact) mass is 541 g/mol. The van der Waals surface area contributed by atoms with Gasteiger partial charge in [0.2, 0.25) is 0 Å². The molecule has 1 atom stereocenters. The van der Waals surface area contributed by atoms with E-state index in [1.54, 1.807) is 24.3 Å². The van der Waals surface area contributed by atoms with Gasteiger partial charge in [-0.15, -0.1) is 0 Å². The molecule has 1 aliphatic heterocycles. The Balaban J connectivity index is 1.99. The number of methoxy groups -OCH3 is 3. The molecule has 1 heterocycles. The number of Topliss-reactive ketones (excluding diaryl/α,β-unsaturated/α-hetero) is 1. The molecule has 1 fully saturated rings. The highest BCUT2D eigenvalue weighted by Gasteiger charge is 2.48. The lowest BCUT2D eigenvalue weighted by molar-refractivity contribution is -0.132. The van der Waals surface area contributed by atoms with Gasteiger partial charge >= 0.3 is 5.97 Å². The Hall–Kier alpha value is -4.01. The van der Waals surface area contributed by atoms with E-state index < -0.39 is 29.5 Å². The average Bonchev–Trinajstić information content (AvgIpc) is 3.17. The predicted molar refractivity (Wildman–Crippen MR) is 139 cm³/mol. The Morgan fingerprint density at radius 2 is 1.62 bits per heavy atom. The first kappa shape index (κ1) is 26.1. The van der Waals surface area contributed by atoms with Crippen molar-refractivity contribution in [1.29, 1.82) is 0 Å². The number of ketones is 1. The molecule has 3 aromatic carbocycles. The highest BCUT2D eigenvalue weighted by Crippen LogP contribution is 2.46. The largest absolute Gasteiger partial charge is 0.507 e. The summed E-state index contributed by atoms with van der Waals surface area (Å²) in [6.45, 7) is 0. The van der Waals surface area contributed by atoms with Crippen molar-refractivity contribution in [1.82, 2.24) is 0 Å². The predicted octanol–water partition coefficient (Wildman–Crippen LogP) is 5.42. The van der Waals surface area contributed by atoms with Crippen LogP contribution in [0.3, 0.4) is 0 Å². The molecule has 3 aromatic rings. The molecule has 1 aliphatic rings. The molecule has 8 nitrogen and oxygen atoms in total. The minimum Gasteiger partial charge on any atom is -0.507 e. The Morgan fingerprint density at radius 3 is 2.24 bits per heavy atom. The number of rotatable bonds is 6. The lowest BCUT2D eigenvalue weighted by Gasteiger charge is -2.27. The van der Waals surface area contributed by atoms with Crippen molar-refractivity contribution in [2.75, 3.05) is 26.2 Å². The van der Waals surface area contributed by atoms with Gasteiger partial charge in [0.25, 0.3) is 11.7 Å². The lowest BCUT2D eigenvalue weighted by atomic mass is 9.94. The van der Waals surface area contributed by atoms with Crippen molar-refractivity contribution in [2.45, 2.75) is 6.04 Å². The van der Waals surface area contributed by atoms with E-state index in [1.807, 2.05) is 0 Å². The van der Waals surface area contributed by atoms with E-state index in [9.17, 15) is 19.5 Å². The van der Waals surface area contributed by atoms with E-state index in [0.29, 0.717) is 17.0 Å². The van der Waals surface area contributed by atoms with E-state index in [-0.39, 0.29) is 32.5 Å². The number of ether oxygens (including phenoxy) is 3. The van der Waals surface area contributed by atoms with E-state index >= 15 is 0 Å². The fourth-order valence-electron chi connectivity index (χ4n) is 4.25. The van der Waals surface area contributed by atoms with Crippen LogP contribution < -0.4 is 14.4 Å². The number of halogens is 2. The first-order chi connectivity index (χ1) is 17.7. The van der Waals surface area contributed by atoms with Crippen LogP contribution in [0.25, 0.3) is 5.76 Å². The van der Waals surface area contributed by atoms with Crippen LogP contribution in [0.2, 0.25) is 10.0 Å². The number of hydrogen-bond acceptors (Lipinski definition) is 7. The van der Waals surface area contributed by atoms with Gasteiger partial charge in [0.1, 0.15) is 17.3 Å². The molecule has 1 N–H and O–H groups in total. The summed E-state index contributed by atoms with van der Waals surface area (Å²) in [5.74, 6) is -2.45. The van der Waals surface area contributed by atoms with Crippen LogP contribution in [0, 0.1) is 0 Å². The number of nitrogens with zero attached hydrogens (tertiary/aromatic N) is 1. The summed E-state index contributed by atoms with van der Waals surface area (Å²) in [4.78, 5) is 40.0. The van der Waals surface area contributed by atoms with Gasteiger partial charge in [-0.25, -0.2) is 4.79 Å². The van der Waals surface area contributed by atoms with Gasteiger partial charge in [-0.05, 0) is 42.5 Å². The molecule has 4 rings (SSSR count). The number of aliphatic hydroxyl groups excluding tert-OH is 1. The molecule has 0 aromatic heterocycles. The van der Waals surface area contributed by atoms with E-state index in [0.717, 1.165) is 0 Å². The number of carbonyl (C=O) groups is 3. The molecule has 0 saturated carbocycles. The maximum Gasteiger partial charge on any atom is 0.337 e. The number of para-hydroxylation sites is 1. The summed E-state index contributed by atoms with van der Waals surface area (Å²) < 4.78 is 15.6. The van der Waals surface area contributed by atoms with Crippen LogP contribution in [0.1, 0.15) is 27.5 Å². The molecule has 0 aliphatic carbocycles. The van der Waals surface area contributed by atoms with E-state index in [2.05, 4.69) is 0 Å². The van der Waals surface area contributed by atoms with Gasteiger partial charge in [-0.3, -0.25) is 14.5 Å². The van der Waals surface area contributed by atoms with Gasteiger partial charge < -0.3 is 19.3 Å². The lowest BCUT2D eigenvalue weighted by Crippen LogP contribution is -2.29. The molecule has 37 heavy (non-hydrogen) atoms. The van der Waals surface area contributed by atoms with Crippen LogP contribution in [0.15, 0.2) is 66.2 Å². The van der Waals surface area contributed by atoms with Gasteiger partial charge in [0.05, 0.1) is 49.1 Å². The normalized spacial score (nSPS) is 16.6. The third-order valence-electron chi connectivity index (χ3n) is 5.91. The van der Waals surface area contributed by atoms with Crippen LogP contribution in [0.5, 0.6) is 11.5 Å². The second kappa shape index (κ2) is 10.5. The third kappa shape index (κ3) is 4.61. The van der Waals surface area contributed by atoms with Crippen molar-refractivity contribution in [2.24, 2.45) is 0 Å². The summed E-state index contributed by atoms with van der Waals surface area (Å²) in [6, 6.07) is 14.5. The van der Waals surface area contributed by atoms with Gasteiger partial charge in [0.15, 0.2) is 0 Å². The minimum absolute atomic E-state index is 0.0407. The maximum absolute atomic E-state index is 13.4. The fourth-order valence-corrected chi connectivity index (χ4v) is 4.82. The Morgan fingerprint density at radius 1 is 0.946 bits per heavy atom. The van der Waals surface area contributed by atoms with Gasteiger partial charge in [-0.2, -0.15) is 0 Å². The van der Waals surface area contributed by atoms with Crippen molar-refractivity contribution in [3.05, 3.63) is 93.0 Å². The summed E-state index contributed by atoms with van der Waals surface area (Å²) >= 11 is 12.4. The molecule has 0 radical (unpaired) electrons. The summed E-state index contributed by atoms with van der Waals surface area (Å²) in [5.41, 5.74) is 0.827. The molecule has 190 valence electrons. The quantitative estimate of drug-likeness (QED) is 0.192. The number of esters is 1. The topological polar surface area (TPSA) is 102 Å². The minimum atomic E-state index is -1.09. The maximum atomic E-state index is 13.4. The van der Waals surface area contributed by atoms with E-state index in [1.165, 1.54) is 62.6 Å². The van der Waals surface area contributed by atoms with E-state index in [4.69, 9.17) is 37.4 Å². The molecule has 1 saturated heterocycles. The molecule has 10 heteroatoms. The molecule has 0 spiro atoms. The van der Waals surface area contributed by atoms with Crippen molar-refractivity contribution >= 4 is 52.3 Å². The number of carbonyl (C=O) groups excluding carboxylic acids is 3. The highest BCUT2D eigenvalue weighted by molar-refractivity contribution is 6.52. The van der Waals surface area contributed by atoms with Crippen LogP contribution in [0.4, 0.5) is 5.69 Å².